The summed E-state index contributed by atoms with van der Waals surface area (Å²) in [4.78, 5) is 0. The van der Waals surface area contributed by atoms with Crippen LogP contribution in [0, 0.1) is 26.7 Å². The Morgan fingerprint density at radius 1 is 1.10 bits per heavy atom. The Morgan fingerprint density at radius 2 is 1.76 bits per heavy atom. The second-order valence-electron chi connectivity index (χ2n) is 6.55. The summed E-state index contributed by atoms with van der Waals surface area (Å²) < 4.78 is 5.69. The molecule has 118 valence electrons. The molecule has 1 aliphatic carbocycles. The average molecular weight is 289 g/mol. The van der Waals surface area contributed by atoms with E-state index in [9.17, 15) is 0 Å². The quantitative estimate of drug-likeness (QED) is 0.799. The molecule has 0 radical (unpaired) electrons. The van der Waals surface area contributed by atoms with Gasteiger partial charge in [0.15, 0.2) is 0 Å². The predicted octanol–water partition coefficient (Wildman–Crippen LogP) is 4.47. The summed E-state index contributed by atoms with van der Waals surface area (Å²) in [7, 11) is 0. The number of hydrogen-bond acceptors (Lipinski definition) is 2. The first-order valence-electron chi connectivity index (χ1n) is 8.47. The maximum atomic E-state index is 5.69. The van der Waals surface area contributed by atoms with E-state index in [-0.39, 0.29) is 0 Å². The minimum absolute atomic E-state index is 0.488. The highest BCUT2D eigenvalue weighted by molar-refractivity contribution is 5.38. The molecule has 1 fully saturated rings. The van der Waals surface area contributed by atoms with E-state index in [0.29, 0.717) is 12.1 Å². The Kier molecular flexibility index (Phi) is 5.83. The molecule has 0 saturated heterocycles. The lowest BCUT2D eigenvalue weighted by atomic mass is 9.76. The molecular formula is C19H31NO. The number of ether oxygens (including phenoxy) is 1. The monoisotopic (exact) mass is 289 g/mol. The van der Waals surface area contributed by atoms with Crippen molar-refractivity contribution in [2.45, 2.75) is 66.0 Å². The molecule has 2 heteroatoms. The van der Waals surface area contributed by atoms with E-state index in [1.165, 1.54) is 41.5 Å². The number of nitrogens with one attached hydrogen (secondary N) is 1. The van der Waals surface area contributed by atoms with E-state index >= 15 is 0 Å². The van der Waals surface area contributed by atoms with Gasteiger partial charge in [-0.2, -0.15) is 0 Å². The maximum Gasteiger partial charge on any atom is 0.0580 e. The van der Waals surface area contributed by atoms with Crippen LogP contribution < -0.4 is 5.32 Å². The van der Waals surface area contributed by atoms with Crippen LogP contribution in [0.4, 0.5) is 0 Å². The molecule has 21 heavy (non-hydrogen) atoms. The molecule has 1 saturated carbocycles. The molecule has 0 aliphatic heterocycles. The number of benzene rings is 1. The molecule has 2 nitrogen and oxygen atoms in total. The summed E-state index contributed by atoms with van der Waals surface area (Å²) >= 11 is 0. The van der Waals surface area contributed by atoms with Crippen molar-refractivity contribution in [1.82, 2.24) is 5.32 Å². The van der Waals surface area contributed by atoms with E-state index in [1.807, 2.05) is 0 Å². The van der Waals surface area contributed by atoms with E-state index in [2.05, 4.69) is 52.1 Å². The third kappa shape index (κ3) is 4.08. The lowest BCUT2D eigenvalue weighted by molar-refractivity contribution is -0.0291. The van der Waals surface area contributed by atoms with Gasteiger partial charge in [0.05, 0.1) is 6.10 Å². The van der Waals surface area contributed by atoms with Crippen LogP contribution in [0.1, 0.15) is 61.4 Å². The molecule has 1 aromatic rings. The van der Waals surface area contributed by atoms with Crippen LogP contribution >= 0.6 is 0 Å². The molecule has 0 spiro atoms. The van der Waals surface area contributed by atoms with Gasteiger partial charge in [-0.15, -0.1) is 0 Å². The van der Waals surface area contributed by atoms with Gasteiger partial charge >= 0.3 is 0 Å². The van der Waals surface area contributed by atoms with Gasteiger partial charge in [0.2, 0.25) is 0 Å². The Hall–Kier alpha value is -0.860. The summed E-state index contributed by atoms with van der Waals surface area (Å²) in [5, 5.41) is 3.69. The zero-order chi connectivity index (χ0) is 15.4. The Morgan fingerprint density at radius 3 is 2.38 bits per heavy atom. The minimum Gasteiger partial charge on any atom is -0.378 e. The molecule has 0 heterocycles. The predicted molar refractivity (Wildman–Crippen MR) is 89.8 cm³/mol. The Balaban J connectivity index is 2.04. The molecular weight excluding hydrogens is 258 g/mol. The molecule has 0 bridgehead atoms. The molecule has 2 rings (SSSR count). The SMILES string of the molecule is CCNC(CC1CC(OCC)C1)c1cc(C)c(C)cc1C. The van der Waals surface area contributed by atoms with E-state index < -0.39 is 0 Å². The van der Waals surface area contributed by atoms with Crippen molar-refractivity contribution in [3.8, 4) is 0 Å². The van der Waals surface area contributed by atoms with Gasteiger partial charge in [0.25, 0.3) is 0 Å². The molecule has 1 aromatic carbocycles. The van der Waals surface area contributed by atoms with Crippen LogP contribution in [0.2, 0.25) is 0 Å². The number of hydrogen-bond donors (Lipinski definition) is 1. The average Bonchev–Trinajstić information content (AvgIpc) is 2.40. The normalized spacial score (nSPS) is 22.9. The highest BCUT2D eigenvalue weighted by Crippen LogP contribution is 2.37. The van der Waals surface area contributed by atoms with Crippen LogP contribution in [0.5, 0.6) is 0 Å². The summed E-state index contributed by atoms with van der Waals surface area (Å²) in [6, 6.07) is 5.21. The summed E-state index contributed by atoms with van der Waals surface area (Å²) in [5.74, 6) is 0.812. The van der Waals surface area contributed by atoms with E-state index in [4.69, 9.17) is 4.74 Å². The van der Waals surface area contributed by atoms with Crippen molar-refractivity contribution in [2.24, 2.45) is 5.92 Å². The lowest BCUT2D eigenvalue weighted by Crippen LogP contribution is -2.35. The van der Waals surface area contributed by atoms with Gasteiger partial charge in [-0.25, -0.2) is 0 Å². The molecule has 1 aliphatic rings. The minimum atomic E-state index is 0.488. The van der Waals surface area contributed by atoms with Gasteiger partial charge in [-0.1, -0.05) is 19.1 Å². The second kappa shape index (κ2) is 7.42. The summed E-state index contributed by atoms with van der Waals surface area (Å²) in [6.07, 6.45) is 4.23. The first-order chi connectivity index (χ1) is 10.0. The van der Waals surface area contributed by atoms with Crippen LogP contribution in [0.15, 0.2) is 12.1 Å². The van der Waals surface area contributed by atoms with Crippen molar-refractivity contribution >= 4 is 0 Å². The van der Waals surface area contributed by atoms with Crippen molar-refractivity contribution < 1.29 is 4.74 Å². The van der Waals surface area contributed by atoms with Crippen LogP contribution in [-0.2, 0) is 4.74 Å². The standard InChI is InChI=1S/C19H31NO/c1-6-20-19(12-16-10-17(11-16)21-7-2)18-9-14(4)13(3)8-15(18)5/h8-9,16-17,19-20H,6-7,10-12H2,1-5H3. The van der Waals surface area contributed by atoms with Gasteiger partial charge < -0.3 is 10.1 Å². The zero-order valence-corrected chi connectivity index (χ0v) is 14.3. The fraction of sp³-hybridized carbons (Fsp3) is 0.684. The highest BCUT2D eigenvalue weighted by atomic mass is 16.5. The third-order valence-electron chi connectivity index (χ3n) is 4.87. The smallest absolute Gasteiger partial charge is 0.0580 e. The molecule has 1 unspecified atom stereocenters. The Labute approximate surface area is 130 Å². The van der Waals surface area contributed by atoms with Gasteiger partial charge in [-0.3, -0.25) is 0 Å². The summed E-state index contributed by atoms with van der Waals surface area (Å²) in [5.41, 5.74) is 5.70. The van der Waals surface area contributed by atoms with Crippen molar-refractivity contribution in [2.75, 3.05) is 13.2 Å². The van der Waals surface area contributed by atoms with Crippen molar-refractivity contribution in [3.05, 3.63) is 34.4 Å². The molecule has 0 amide bonds. The fourth-order valence-electron chi connectivity index (χ4n) is 3.50. The molecule has 1 atom stereocenters. The summed E-state index contributed by atoms with van der Waals surface area (Å²) in [6.45, 7) is 12.8. The first kappa shape index (κ1) is 16.5. The zero-order valence-electron chi connectivity index (χ0n) is 14.3. The van der Waals surface area contributed by atoms with E-state index in [0.717, 1.165) is 19.1 Å². The largest absolute Gasteiger partial charge is 0.378 e. The van der Waals surface area contributed by atoms with Gasteiger partial charge in [0, 0.05) is 12.6 Å². The number of aryl methyl sites for hydroxylation is 3. The van der Waals surface area contributed by atoms with Crippen molar-refractivity contribution in [3.63, 3.8) is 0 Å². The molecule has 0 aromatic heterocycles. The highest BCUT2D eigenvalue weighted by Gasteiger charge is 2.31. The van der Waals surface area contributed by atoms with Crippen molar-refractivity contribution in [1.29, 1.82) is 0 Å². The molecule has 1 N–H and O–H groups in total. The maximum absolute atomic E-state index is 5.69. The Bertz CT molecular complexity index is 463. The number of rotatable bonds is 7. The van der Waals surface area contributed by atoms with Crippen LogP contribution in [0.3, 0.4) is 0 Å². The van der Waals surface area contributed by atoms with E-state index in [1.54, 1.807) is 0 Å². The van der Waals surface area contributed by atoms with Gasteiger partial charge in [0.1, 0.15) is 0 Å². The lowest BCUT2D eigenvalue weighted by Gasteiger charge is -2.37. The van der Waals surface area contributed by atoms with Crippen LogP contribution in [0.25, 0.3) is 0 Å². The first-order valence-corrected chi connectivity index (χ1v) is 8.47. The third-order valence-corrected chi connectivity index (χ3v) is 4.87. The van der Waals surface area contributed by atoms with Crippen LogP contribution in [-0.4, -0.2) is 19.3 Å². The topological polar surface area (TPSA) is 21.3 Å². The second-order valence-corrected chi connectivity index (χ2v) is 6.55. The fourth-order valence-corrected chi connectivity index (χ4v) is 3.50. The van der Waals surface area contributed by atoms with Gasteiger partial charge in [-0.05, 0) is 81.7 Å².